The van der Waals surface area contributed by atoms with E-state index in [4.69, 9.17) is 14.1 Å². The number of hydrogen-bond acceptors (Lipinski definition) is 7. The lowest BCUT2D eigenvalue weighted by atomic mass is 10.1. The lowest BCUT2D eigenvalue weighted by molar-refractivity contribution is 0.0963. The first-order valence-corrected chi connectivity index (χ1v) is 14.9. The van der Waals surface area contributed by atoms with Crippen LogP contribution < -0.4 is 4.90 Å². The lowest BCUT2D eigenvalue weighted by Crippen LogP contribution is -2.37. The van der Waals surface area contributed by atoms with Gasteiger partial charge < -0.3 is 14.1 Å². The molecule has 1 aromatic carbocycles. The zero-order chi connectivity index (χ0) is 29.3. The first kappa shape index (κ1) is 32.7. The summed E-state index contributed by atoms with van der Waals surface area (Å²) in [6.45, 7) is 16.9. The van der Waals surface area contributed by atoms with Gasteiger partial charge in [0.2, 0.25) is 0 Å². The number of fused-ring (bicyclic) bond motifs is 1. The molecule has 1 aliphatic heterocycles. The molecule has 40 heavy (non-hydrogen) atoms. The highest BCUT2D eigenvalue weighted by atomic mass is 16.5. The van der Waals surface area contributed by atoms with Crippen molar-refractivity contribution >= 4 is 22.7 Å². The molecule has 1 fully saturated rings. The Morgan fingerprint density at radius 1 is 0.900 bits per heavy atom. The predicted octanol–water partition coefficient (Wildman–Crippen LogP) is 8.14. The number of ether oxygens (including phenoxy) is 1. The van der Waals surface area contributed by atoms with Crippen molar-refractivity contribution in [3.8, 4) is 17.1 Å². The van der Waals surface area contributed by atoms with E-state index < -0.39 is 0 Å². The Hall–Kier alpha value is -3.52. The Morgan fingerprint density at radius 3 is 2.15 bits per heavy atom. The average molecular weight is 550 g/mol. The number of carbonyl (C=O) groups excluding carboxylic acids is 1. The normalized spacial score (nSPS) is 12.4. The van der Waals surface area contributed by atoms with E-state index >= 15 is 0 Å². The third-order valence-corrected chi connectivity index (χ3v) is 6.10. The standard InChI is InChI=1S/C22H21N5O3.C6H14.2C2H6/c1-2-18(28)19-12-17-20(30-19)21(26-8-10-29-11-9-26)25-22(24-17)27-14-16(13-23-27)15-6-4-3-5-7-15;1-3-5-6-4-2;2*1-2/h3-7,12-14H,2,8-11H2,1H3;3-6H2,1-2H3;2*1-2H3. The van der Waals surface area contributed by atoms with Gasteiger partial charge in [0.05, 0.1) is 19.4 Å². The van der Waals surface area contributed by atoms with Crippen LogP contribution in [-0.4, -0.2) is 51.8 Å². The molecule has 4 heterocycles. The molecule has 3 aromatic heterocycles. The number of unbranched alkanes of at least 4 members (excludes halogenated alkanes) is 3. The first-order chi connectivity index (χ1) is 19.6. The maximum Gasteiger partial charge on any atom is 0.253 e. The zero-order valence-corrected chi connectivity index (χ0v) is 25.4. The number of carbonyl (C=O) groups is 1. The maximum atomic E-state index is 12.2. The summed E-state index contributed by atoms with van der Waals surface area (Å²) in [5, 5.41) is 4.46. The summed E-state index contributed by atoms with van der Waals surface area (Å²) in [5.74, 6) is 1.33. The molecule has 4 aromatic rings. The molecule has 0 N–H and O–H groups in total. The monoisotopic (exact) mass is 549 g/mol. The van der Waals surface area contributed by atoms with Crippen LogP contribution in [0.1, 0.15) is 91.1 Å². The van der Waals surface area contributed by atoms with E-state index in [1.165, 1.54) is 25.7 Å². The number of ketones is 1. The van der Waals surface area contributed by atoms with Crippen molar-refractivity contribution in [2.75, 3.05) is 31.2 Å². The summed E-state index contributed by atoms with van der Waals surface area (Å²) in [4.78, 5) is 23.7. The number of nitrogens with zero attached hydrogens (tertiary/aromatic N) is 5. The second kappa shape index (κ2) is 17.9. The van der Waals surface area contributed by atoms with Crippen LogP contribution in [0.15, 0.2) is 53.2 Å². The number of hydrogen-bond donors (Lipinski definition) is 0. The summed E-state index contributed by atoms with van der Waals surface area (Å²) < 4.78 is 13.0. The van der Waals surface area contributed by atoms with E-state index in [2.05, 4.69) is 28.8 Å². The number of rotatable bonds is 8. The lowest BCUT2D eigenvalue weighted by Gasteiger charge is -2.27. The molecule has 0 radical (unpaired) electrons. The quantitative estimate of drug-likeness (QED) is 0.162. The molecule has 0 atom stereocenters. The van der Waals surface area contributed by atoms with Gasteiger partial charge in [-0.15, -0.1) is 0 Å². The number of Topliss-reactive ketones (excluding diaryl/α,β-unsaturated/α-hetero) is 1. The third kappa shape index (κ3) is 8.74. The van der Waals surface area contributed by atoms with Gasteiger partial charge in [-0.2, -0.15) is 10.1 Å². The second-order valence-corrected chi connectivity index (χ2v) is 8.80. The van der Waals surface area contributed by atoms with Gasteiger partial charge in [-0.05, 0) is 5.56 Å². The molecule has 0 amide bonds. The molecule has 0 spiro atoms. The van der Waals surface area contributed by atoms with Crippen LogP contribution >= 0.6 is 0 Å². The number of furan rings is 1. The summed E-state index contributed by atoms with van der Waals surface area (Å²) in [6, 6.07) is 11.7. The summed E-state index contributed by atoms with van der Waals surface area (Å²) in [5.41, 5.74) is 3.15. The summed E-state index contributed by atoms with van der Waals surface area (Å²) in [6.07, 6.45) is 9.59. The molecule has 1 aliphatic rings. The van der Waals surface area contributed by atoms with Crippen molar-refractivity contribution in [2.45, 2.75) is 80.6 Å². The first-order valence-electron chi connectivity index (χ1n) is 14.9. The van der Waals surface area contributed by atoms with E-state index in [0.717, 1.165) is 11.1 Å². The summed E-state index contributed by atoms with van der Waals surface area (Å²) >= 11 is 0. The molecular weight excluding hydrogens is 502 g/mol. The van der Waals surface area contributed by atoms with Crippen molar-refractivity contribution in [1.29, 1.82) is 0 Å². The van der Waals surface area contributed by atoms with E-state index in [-0.39, 0.29) is 5.78 Å². The van der Waals surface area contributed by atoms with Crippen LogP contribution in [0.25, 0.3) is 28.2 Å². The van der Waals surface area contributed by atoms with Crippen molar-refractivity contribution in [3.05, 3.63) is 54.6 Å². The fraction of sp³-hybridized carbons (Fsp3) is 0.500. The highest BCUT2D eigenvalue weighted by molar-refractivity contribution is 5.98. The second-order valence-electron chi connectivity index (χ2n) is 8.80. The van der Waals surface area contributed by atoms with Crippen LogP contribution in [0, 0.1) is 0 Å². The largest absolute Gasteiger partial charge is 0.447 e. The van der Waals surface area contributed by atoms with E-state index in [1.807, 2.05) is 71.1 Å². The molecule has 0 saturated carbocycles. The number of morpholine rings is 1. The molecular formula is C32H47N5O3. The number of anilines is 1. The van der Waals surface area contributed by atoms with Crippen molar-refractivity contribution in [1.82, 2.24) is 19.7 Å². The molecule has 5 rings (SSSR count). The van der Waals surface area contributed by atoms with E-state index in [9.17, 15) is 4.79 Å². The van der Waals surface area contributed by atoms with Crippen LogP contribution in [0.5, 0.6) is 0 Å². The Morgan fingerprint density at radius 2 is 1.55 bits per heavy atom. The number of aromatic nitrogens is 4. The van der Waals surface area contributed by atoms with E-state index in [1.54, 1.807) is 16.9 Å². The van der Waals surface area contributed by atoms with Gasteiger partial charge in [-0.25, -0.2) is 9.67 Å². The molecule has 0 bridgehead atoms. The van der Waals surface area contributed by atoms with Gasteiger partial charge in [0.25, 0.3) is 5.95 Å². The fourth-order valence-electron chi connectivity index (χ4n) is 4.02. The summed E-state index contributed by atoms with van der Waals surface area (Å²) in [7, 11) is 0. The Kier molecular flexibility index (Phi) is 14.7. The third-order valence-electron chi connectivity index (χ3n) is 6.10. The predicted molar refractivity (Wildman–Crippen MR) is 165 cm³/mol. The highest BCUT2D eigenvalue weighted by Crippen LogP contribution is 2.29. The molecule has 218 valence electrons. The van der Waals surface area contributed by atoms with Crippen molar-refractivity contribution in [2.24, 2.45) is 0 Å². The van der Waals surface area contributed by atoms with Gasteiger partial charge in [-0.1, -0.05) is 104 Å². The minimum absolute atomic E-state index is 0.0621. The smallest absolute Gasteiger partial charge is 0.253 e. The molecule has 0 aliphatic carbocycles. The minimum Gasteiger partial charge on any atom is -0.447 e. The minimum atomic E-state index is -0.0621. The van der Waals surface area contributed by atoms with Gasteiger partial charge in [0, 0.05) is 37.3 Å². The zero-order valence-electron chi connectivity index (χ0n) is 25.4. The van der Waals surface area contributed by atoms with Gasteiger partial charge in [0.15, 0.2) is 22.9 Å². The fourth-order valence-corrected chi connectivity index (χ4v) is 4.02. The molecule has 8 heteroatoms. The van der Waals surface area contributed by atoms with Crippen LogP contribution in [0.4, 0.5) is 5.82 Å². The Labute approximate surface area is 239 Å². The van der Waals surface area contributed by atoms with Crippen molar-refractivity contribution < 1.29 is 13.9 Å². The maximum absolute atomic E-state index is 12.2. The van der Waals surface area contributed by atoms with Crippen LogP contribution in [0.3, 0.4) is 0 Å². The molecule has 0 unspecified atom stereocenters. The van der Waals surface area contributed by atoms with Gasteiger partial charge in [-0.3, -0.25) is 4.79 Å². The van der Waals surface area contributed by atoms with Crippen molar-refractivity contribution in [3.63, 3.8) is 0 Å². The van der Waals surface area contributed by atoms with Crippen LogP contribution in [0.2, 0.25) is 0 Å². The number of benzene rings is 1. The van der Waals surface area contributed by atoms with Gasteiger partial charge >= 0.3 is 0 Å². The highest BCUT2D eigenvalue weighted by Gasteiger charge is 2.23. The molecule has 8 nitrogen and oxygen atoms in total. The Balaban J connectivity index is 0.000000492. The topological polar surface area (TPSA) is 86.3 Å². The van der Waals surface area contributed by atoms with E-state index in [0.29, 0.717) is 61.4 Å². The average Bonchev–Trinajstić information content (AvgIpc) is 3.70. The molecule has 1 saturated heterocycles. The van der Waals surface area contributed by atoms with Crippen LogP contribution in [-0.2, 0) is 4.74 Å². The Bertz CT molecular complexity index is 1260. The van der Waals surface area contributed by atoms with Gasteiger partial charge in [0.1, 0.15) is 5.52 Å². The SMILES string of the molecule is CC.CC.CCC(=O)c1cc2nc(-n3cc(-c4ccccc4)cn3)nc(N3CCOCC3)c2o1.CCCCCC.